The van der Waals surface area contributed by atoms with Crippen LogP contribution in [0.15, 0.2) is 91.0 Å². The van der Waals surface area contributed by atoms with Crippen molar-refractivity contribution in [3.8, 4) is 0 Å². The minimum atomic E-state index is 0.338. The van der Waals surface area contributed by atoms with Gasteiger partial charge in [0.2, 0.25) is 0 Å². The molecule has 0 bridgehead atoms. The van der Waals surface area contributed by atoms with Crippen LogP contribution >= 0.6 is 0 Å². The number of benzene rings is 3. The summed E-state index contributed by atoms with van der Waals surface area (Å²) >= 11 is 0. The van der Waals surface area contributed by atoms with E-state index in [4.69, 9.17) is 0 Å². The molecule has 0 aliphatic carbocycles. The van der Waals surface area contributed by atoms with Gasteiger partial charge in [-0.1, -0.05) is 78.9 Å². The highest BCUT2D eigenvalue weighted by Crippen LogP contribution is 2.24. The van der Waals surface area contributed by atoms with Gasteiger partial charge in [-0.2, -0.15) is 0 Å². The molecule has 0 aliphatic heterocycles. The number of likely N-dealkylation sites (N-methyl/N-ethyl adjacent to an activating group) is 1. The maximum Gasteiger partial charge on any atom is 0.0518 e. The van der Waals surface area contributed by atoms with Crippen molar-refractivity contribution in [2.75, 3.05) is 25.5 Å². The zero-order chi connectivity index (χ0) is 17.5. The number of anilines is 1. The summed E-state index contributed by atoms with van der Waals surface area (Å²) in [5.41, 5.74) is 3.94. The normalized spacial score (nSPS) is 12.1. The zero-order valence-electron chi connectivity index (χ0n) is 15.0. The molecule has 0 fully saturated rings. The second-order valence-electron chi connectivity index (χ2n) is 6.59. The lowest BCUT2D eigenvalue weighted by atomic mass is 10.0. The lowest BCUT2D eigenvalue weighted by molar-refractivity contribution is 0.300. The van der Waals surface area contributed by atoms with E-state index in [1.165, 1.54) is 16.8 Å². The first-order chi connectivity index (χ1) is 12.2. The zero-order valence-corrected chi connectivity index (χ0v) is 15.0. The molecular formula is C23H26N2. The molecule has 2 heteroatoms. The third kappa shape index (κ3) is 4.71. The summed E-state index contributed by atoms with van der Waals surface area (Å²) in [6.45, 7) is 1.85. The van der Waals surface area contributed by atoms with Gasteiger partial charge in [0.1, 0.15) is 0 Å². The highest BCUT2D eigenvalue weighted by atomic mass is 15.2. The van der Waals surface area contributed by atoms with Gasteiger partial charge in [0, 0.05) is 18.8 Å². The van der Waals surface area contributed by atoms with Crippen molar-refractivity contribution < 1.29 is 0 Å². The summed E-state index contributed by atoms with van der Waals surface area (Å²) < 4.78 is 0. The van der Waals surface area contributed by atoms with E-state index in [9.17, 15) is 0 Å². The highest BCUT2D eigenvalue weighted by Gasteiger charge is 2.18. The fourth-order valence-corrected chi connectivity index (χ4v) is 3.15. The van der Waals surface area contributed by atoms with Crippen LogP contribution in [0.2, 0.25) is 0 Å². The molecule has 0 spiro atoms. The Bertz CT molecular complexity index is 739. The van der Waals surface area contributed by atoms with E-state index < -0.39 is 0 Å². The predicted molar refractivity (Wildman–Crippen MR) is 107 cm³/mol. The molecule has 0 aliphatic rings. The Morgan fingerprint density at radius 1 is 0.680 bits per heavy atom. The van der Waals surface area contributed by atoms with Crippen LogP contribution in [0.25, 0.3) is 0 Å². The summed E-state index contributed by atoms with van der Waals surface area (Å²) in [5, 5.41) is 0. The molecular weight excluding hydrogens is 304 g/mol. The second-order valence-corrected chi connectivity index (χ2v) is 6.59. The second kappa shape index (κ2) is 8.50. The Balaban J connectivity index is 1.88. The molecule has 0 N–H and O–H groups in total. The van der Waals surface area contributed by atoms with Crippen LogP contribution in [0.4, 0.5) is 5.69 Å². The van der Waals surface area contributed by atoms with Gasteiger partial charge in [-0.15, -0.1) is 0 Å². The Morgan fingerprint density at radius 3 is 1.76 bits per heavy atom. The largest absolute Gasteiger partial charge is 0.365 e. The molecule has 0 amide bonds. The topological polar surface area (TPSA) is 6.48 Å². The maximum absolute atomic E-state index is 2.47. The first-order valence-electron chi connectivity index (χ1n) is 8.79. The molecule has 3 rings (SSSR count). The predicted octanol–water partition coefficient (Wildman–Crippen LogP) is 5.00. The van der Waals surface area contributed by atoms with Crippen LogP contribution in [0, 0.1) is 0 Å². The molecule has 25 heavy (non-hydrogen) atoms. The van der Waals surface area contributed by atoms with Crippen molar-refractivity contribution in [1.82, 2.24) is 4.90 Å². The van der Waals surface area contributed by atoms with Crippen LogP contribution in [0.1, 0.15) is 17.2 Å². The fraction of sp³-hybridized carbons (Fsp3) is 0.217. The third-order valence-corrected chi connectivity index (χ3v) is 4.54. The monoisotopic (exact) mass is 330 g/mol. The molecule has 0 heterocycles. The fourth-order valence-electron chi connectivity index (χ4n) is 3.15. The van der Waals surface area contributed by atoms with Crippen molar-refractivity contribution in [2.45, 2.75) is 12.6 Å². The number of hydrogen-bond donors (Lipinski definition) is 0. The quantitative estimate of drug-likeness (QED) is 0.602. The van der Waals surface area contributed by atoms with Crippen molar-refractivity contribution in [3.05, 3.63) is 102 Å². The van der Waals surface area contributed by atoms with Gasteiger partial charge in [-0.05, 0) is 37.4 Å². The van der Waals surface area contributed by atoms with Crippen LogP contribution in [-0.4, -0.2) is 25.5 Å². The summed E-state index contributed by atoms with van der Waals surface area (Å²) in [6, 6.07) is 32.5. The minimum absolute atomic E-state index is 0.338. The smallest absolute Gasteiger partial charge is 0.0518 e. The summed E-state index contributed by atoms with van der Waals surface area (Å²) in [6.07, 6.45) is 0. The van der Waals surface area contributed by atoms with Crippen molar-refractivity contribution >= 4 is 5.69 Å². The van der Waals surface area contributed by atoms with Gasteiger partial charge in [-0.25, -0.2) is 0 Å². The van der Waals surface area contributed by atoms with E-state index in [2.05, 4.69) is 115 Å². The number of para-hydroxylation sites is 1. The van der Waals surface area contributed by atoms with Crippen molar-refractivity contribution in [1.29, 1.82) is 0 Å². The van der Waals surface area contributed by atoms with E-state index in [0.29, 0.717) is 6.04 Å². The molecule has 3 aromatic rings. The molecule has 0 saturated heterocycles. The number of hydrogen-bond acceptors (Lipinski definition) is 2. The molecule has 1 unspecified atom stereocenters. The third-order valence-electron chi connectivity index (χ3n) is 4.54. The Hall–Kier alpha value is -2.58. The lowest BCUT2D eigenvalue weighted by Gasteiger charge is -2.33. The maximum atomic E-state index is 2.47. The first-order valence-corrected chi connectivity index (χ1v) is 8.79. The van der Waals surface area contributed by atoms with E-state index >= 15 is 0 Å². The van der Waals surface area contributed by atoms with E-state index in [-0.39, 0.29) is 0 Å². The standard InChI is InChI=1S/C23H26N2/c1-24(2)23(21-14-8-4-9-15-21)19-25(22-16-10-5-11-17-22)18-20-12-6-3-7-13-20/h3-17,23H,18-19H2,1-2H3. The van der Waals surface area contributed by atoms with Gasteiger partial charge >= 0.3 is 0 Å². The summed E-state index contributed by atoms with van der Waals surface area (Å²) in [5.74, 6) is 0. The van der Waals surface area contributed by atoms with Gasteiger partial charge < -0.3 is 9.80 Å². The van der Waals surface area contributed by atoms with Crippen molar-refractivity contribution in [2.24, 2.45) is 0 Å². The SMILES string of the molecule is CN(C)C(CN(Cc1ccccc1)c1ccccc1)c1ccccc1. The van der Waals surface area contributed by atoms with Gasteiger partial charge in [-0.3, -0.25) is 0 Å². The molecule has 128 valence electrons. The Labute approximate surface area is 151 Å². The van der Waals surface area contributed by atoms with Crippen LogP contribution in [0.5, 0.6) is 0 Å². The molecule has 1 atom stereocenters. The average Bonchev–Trinajstić information content (AvgIpc) is 2.67. The molecule has 3 aromatic carbocycles. The van der Waals surface area contributed by atoms with Crippen molar-refractivity contribution in [3.63, 3.8) is 0 Å². The highest BCUT2D eigenvalue weighted by molar-refractivity contribution is 5.47. The van der Waals surface area contributed by atoms with E-state index in [0.717, 1.165) is 13.1 Å². The average molecular weight is 330 g/mol. The van der Waals surface area contributed by atoms with Gasteiger partial charge in [0.25, 0.3) is 0 Å². The van der Waals surface area contributed by atoms with Crippen LogP contribution in [0.3, 0.4) is 0 Å². The Kier molecular flexibility index (Phi) is 5.86. The molecule has 0 aromatic heterocycles. The summed E-state index contributed by atoms with van der Waals surface area (Å²) in [4.78, 5) is 4.77. The van der Waals surface area contributed by atoms with Gasteiger partial charge in [0.15, 0.2) is 0 Å². The number of rotatable bonds is 7. The first kappa shape index (κ1) is 17.2. The van der Waals surface area contributed by atoms with E-state index in [1.54, 1.807) is 0 Å². The molecule has 2 nitrogen and oxygen atoms in total. The van der Waals surface area contributed by atoms with Crippen LogP contribution < -0.4 is 4.90 Å². The number of nitrogens with zero attached hydrogens (tertiary/aromatic N) is 2. The summed E-state index contributed by atoms with van der Waals surface area (Å²) in [7, 11) is 4.31. The molecule has 0 saturated carbocycles. The van der Waals surface area contributed by atoms with Crippen LogP contribution in [-0.2, 0) is 6.54 Å². The molecule has 0 radical (unpaired) electrons. The Morgan fingerprint density at radius 2 is 1.20 bits per heavy atom. The van der Waals surface area contributed by atoms with E-state index in [1.807, 2.05) is 0 Å². The lowest BCUT2D eigenvalue weighted by Crippen LogP contribution is -2.34. The van der Waals surface area contributed by atoms with Gasteiger partial charge in [0.05, 0.1) is 6.04 Å². The minimum Gasteiger partial charge on any atom is -0.365 e.